The Labute approximate surface area is 103 Å². The largest absolute Gasteiger partial charge is 0.469 e. The molecule has 0 saturated carbocycles. The number of halogens is 1. The Morgan fingerprint density at radius 3 is 3.12 bits per heavy atom. The molecule has 6 heteroatoms. The Bertz CT molecular complexity index is 548. The van der Waals surface area contributed by atoms with Crippen LogP contribution in [0, 0.1) is 0 Å². The Morgan fingerprint density at radius 1 is 1.59 bits per heavy atom. The number of aromatic nitrogens is 2. The topological polar surface area (TPSA) is 60.1 Å². The normalized spacial score (nSPS) is 10.5. The molecule has 2 aromatic rings. The molecule has 2 heterocycles. The van der Waals surface area contributed by atoms with Crippen LogP contribution in [0.2, 0.25) is 5.02 Å². The maximum atomic E-state index is 11.5. The van der Waals surface area contributed by atoms with Crippen LogP contribution in [0.3, 0.4) is 0 Å². The summed E-state index contributed by atoms with van der Waals surface area (Å²) in [5, 5.41) is 7.09. The van der Waals surface area contributed by atoms with Crippen LogP contribution < -0.4 is 10.9 Å². The van der Waals surface area contributed by atoms with Gasteiger partial charge in [-0.05, 0) is 12.1 Å². The summed E-state index contributed by atoms with van der Waals surface area (Å²) in [6, 6.07) is 3.73. The fourth-order valence-electron chi connectivity index (χ4n) is 1.41. The van der Waals surface area contributed by atoms with Crippen LogP contribution in [0.4, 0.5) is 5.69 Å². The highest BCUT2D eigenvalue weighted by Gasteiger charge is 2.06. The molecule has 0 amide bonds. The first kappa shape index (κ1) is 11.7. The van der Waals surface area contributed by atoms with Crippen molar-refractivity contribution in [2.45, 2.75) is 6.42 Å². The first-order valence-electron chi connectivity index (χ1n) is 5.16. The maximum Gasteiger partial charge on any atom is 0.287 e. The summed E-state index contributed by atoms with van der Waals surface area (Å²) < 4.78 is 6.38. The molecule has 1 N–H and O–H groups in total. The van der Waals surface area contributed by atoms with Gasteiger partial charge in [0.15, 0.2) is 0 Å². The summed E-state index contributed by atoms with van der Waals surface area (Å²) in [6.45, 7) is 0.627. The summed E-state index contributed by atoms with van der Waals surface area (Å²) in [4.78, 5) is 11.5. The highest BCUT2D eigenvalue weighted by atomic mass is 35.5. The minimum absolute atomic E-state index is 0.155. The average molecular weight is 254 g/mol. The molecule has 0 aromatic carbocycles. The van der Waals surface area contributed by atoms with Crippen LogP contribution in [-0.2, 0) is 13.5 Å². The number of furan rings is 1. The smallest absolute Gasteiger partial charge is 0.287 e. The molecule has 0 aliphatic heterocycles. The van der Waals surface area contributed by atoms with Crippen LogP contribution in [-0.4, -0.2) is 16.3 Å². The van der Waals surface area contributed by atoms with Gasteiger partial charge in [0.2, 0.25) is 0 Å². The predicted molar refractivity (Wildman–Crippen MR) is 65.4 cm³/mol. The number of aryl methyl sites for hydroxylation is 1. The molecule has 0 aliphatic rings. The van der Waals surface area contributed by atoms with E-state index in [1.807, 2.05) is 12.1 Å². The highest BCUT2D eigenvalue weighted by Crippen LogP contribution is 2.14. The summed E-state index contributed by atoms with van der Waals surface area (Å²) in [5.41, 5.74) is 0.232. The number of nitrogens with one attached hydrogen (secondary N) is 1. The molecule has 0 radical (unpaired) electrons. The van der Waals surface area contributed by atoms with Crippen LogP contribution >= 0.6 is 11.6 Å². The summed E-state index contributed by atoms with van der Waals surface area (Å²) in [7, 11) is 1.56. The number of anilines is 1. The Morgan fingerprint density at radius 2 is 2.41 bits per heavy atom. The van der Waals surface area contributed by atoms with Crippen molar-refractivity contribution in [3.63, 3.8) is 0 Å². The van der Waals surface area contributed by atoms with Crippen molar-refractivity contribution in [3.8, 4) is 0 Å². The van der Waals surface area contributed by atoms with Gasteiger partial charge in [-0.2, -0.15) is 5.10 Å². The van der Waals surface area contributed by atoms with Gasteiger partial charge in [-0.25, -0.2) is 4.68 Å². The van der Waals surface area contributed by atoms with Crippen molar-refractivity contribution in [2.75, 3.05) is 11.9 Å². The Balaban J connectivity index is 2.00. The fourth-order valence-corrected chi connectivity index (χ4v) is 1.65. The lowest BCUT2D eigenvalue weighted by Gasteiger charge is -2.07. The van der Waals surface area contributed by atoms with Gasteiger partial charge in [0, 0.05) is 20.0 Å². The molecular weight excluding hydrogens is 242 g/mol. The second-order valence-electron chi connectivity index (χ2n) is 3.56. The maximum absolute atomic E-state index is 11.5. The molecule has 5 nitrogen and oxygen atoms in total. The second-order valence-corrected chi connectivity index (χ2v) is 3.94. The molecule has 2 aromatic heterocycles. The van der Waals surface area contributed by atoms with Gasteiger partial charge < -0.3 is 9.73 Å². The molecule has 0 unspecified atom stereocenters. The zero-order valence-corrected chi connectivity index (χ0v) is 10.1. The lowest BCUT2D eigenvalue weighted by atomic mass is 10.3. The standard InChI is InChI=1S/C11H12ClN3O2/c1-15-11(16)10(12)9(7-14-15)13-5-4-8-3-2-6-17-8/h2-3,6-7,13H,4-5H2,1H3. The van der Waals surface area contributed by atoms with Gasteiger partial charge in [0.05, 0.1) is 18.1 Å². The van der Waals surface area contributed by atoms with E-state index in [2.05, 4.69) is 10.4 Å². The third-order valence-electron chi connectivity index (χ3n) is 2.35. The lowest BCUT2D eigenvalue weighted by molar-refractivity contribution is 0.513. The minimum Gasteiger partial charge on any atom is -0.469 e. The molecule has 0 aliphatic carbocycles. The third kappa shape index (κ3) is 2.68. The van der Waals surface area contributed by atoms with Crippen LogP contribution in [0.5, 0.6) is 0 Å². The second kappa shape index (κ2) is 5.05. The molecule has 0 bridgehead atoms. The van der Waals surface area contributed by atoms with Crippen LogP contribution in [0.15, 0.2) is 33.8 Å². The highest BCUT2D eigenvalue weighted by molar-refractivity contribution is 6.32. The van der Waals surface area contributed by atoms with Crippen molar-refractivity contribution in [1.82, 2.24) is 9.78 Å². The van der Waals surface area contributed by atoms with E-state index in [0.29, 0.717) is 12.2 Å². The van der Waals surface area contributed by atoms with E-state index < -0.39 is 0 Å². The molecule has 0 fully saturated rings. The van der Waals surface area contributed by atoms with Gasteiger partial charge in [-0.3, -0.25) is 4.79 Å². The van der Waals surface area contributed by atoms with Crippen molar-refractivity contribution in [1.29, 1.82) is 0 Å². The molecule has 0 saturated heterocycles. The SMILES string of the molecule is Cn1ncc(NCCc2ccco2)c(Cl)c1=O. The number of nitrogens with zero attached hydrogens (tertiary/aromatic N) is 2. The third-order valence-corrected chi connectivity index (χ3v) is 2.71. The number of hydrogen-bond acceptors (Lipinski definition) is 4. The van der Waals surface area contributed by atoms with Gasteiger partial charge >= 0.3 is 0 Å². The summed E-state index contributed by atoms with van der Waals surface area (Å²) in [5.74, 6) is 0.880. The van der Waals surface area contributed by atoms with E-state index in [9.17, 15) is 4.79 Å². The molecule has 2 rings (SSSR count). The van der Waals surface area contributed by atoms with Gasteiger partial charge in [0.25, 0.3) is 5.56 Å². The Kier molecular flexibility index (Phi) is 3.49. The first-order valence-corrected chi connectivity index (χ1v) is 5.54. The molecular formula is C11H12ClN3O2. The zero-order chi connectivity index (χ0) is 12.3. The van der Waals surface area contributed by atoms with Gasteiger partial charge in [0.1, 0.15) is 10.8 Å². The van der Waals surface area contributed by atoms with Crippen LogP contribution in [0.25, 0.3) is 0 Å². The summed E-state index contributed by atoms with van der Waals surface area (Å²) in [6.07, 6.45) is 3.88. The van der Waals surface area contributed by atoms with Crippen molar-refractivity contribution in [2.24, 2.45) is 7.05 Å². The van der Waals surface area contributed by atoms with E-state index in [1.165, 1.54) is 10.9 Å². The molecule has 17 heavy (non-hydrogen) atoms. The van der Waals surface area contributed by atoms with Crippen molar-refractivity contribution >= 4 is 17.3 Å². The predicted octanol–water partition coefficient (Wildman–Crippen LogP) is 1.68. The van der Waals surface area contributed by atoms with Crippen molar-refractivity contribution in [3.05, 3.63) is 45.7 Å². The average Bonchev–Trinajstić information content (AvgIpc) is 2.82. The van der Waals surface area contributed by atoms with Crippen LogP contribution in [0.1, 0.15) is 5.76 Å². The van der Waals surface area contributed by atoms with E-state index >= 15 is 0 Å². The monoisotopic (exact) mass is 253 g/mol. The van der Waals surface area contributed by atoms with Gasteiger partial charge in [-0.15, -0.1) is 0 Å². The quantitative estimate of drug-likeness (QED) is 0.901. The van der Waals surface area contributed by atoms with E-state index in [-0.39, 0.29) is 10.6 Å². The molecule has 0 spiro atoms. The van der Waals surface area contributed by atoms with E-state index in [0.717, 1.165) is 12.2 Å². The lowest BCUT2D eigenvalue weighted by Crippen LogP contribution is -2.21. The number of rotatable bonds is 4. The Hall–Kier alpha value is -1.75. The minimum atomic E-state index is -0.310. The molecule has 0 atom stereocenters. The number of hydrogen-bond donors (Lipinski definition) is 1. The van der Waals surface area contributed by atoms with Crippen molar-refractivity contribution < 1.29 is 4.42 Å². The summed E-state index contributed by atoms with van der Waals surface area (Å²) >= 11 is 5.90. The molecule has 90 valence electrons. The van der Waals surface area contributed by atoms with Gasteiger partial charge in [-0.1, -0.05) is 11.6 Å². The zero-order valence-electron chi connectivity index (χ0n) is 9.31. The first-order chi connectivity index (χ1) is 8.18. The van der Waals surface area contributed by atoms with E-state index in [1.54, 1.807) is 13.3 Å². The fraction of sp³-hybridized carbons (Fsp3) is 0.273. The van der Waals surface area contributed by atoms with E-state index in [4.69, 9.17) is 16.0 Å².